The molecule has 0 radical (unpaired) electrons. The average molecular weight is 512 g/mol. The predicted molar refractivity (Wildman–Crippen MR) is 133 cm³/mol. The van der Waals surface area contributed by atoms with Gasteiger partial charge in [-0.2, -0.15) is 0 Å². The first-order chi connectivity index (χ1) is 17.2. The lowest BCUT2D eigenvalue weighted by Crippen LogP contribution is -2.30. The van der Waals surface area contributed by atoms with E-state index in [0.717, 1.165) is 12.1 Å². The van der Waals surface area contributed by atoms with Gasteiger partial charge in [-0.15, -0.1) is 0 Å². The number of Topliss-reactive ketones (excluding diaryl/α,β-unsaturated/α-hetero) is 1. The van der Waals surface area contributed by atoms with Gasteiger partial charge in [0.1, 0.15) is 17.3 Å². The molecule has 3 aromatic carbocycles. The monoisotopic (exact) mass is 511 g/mol. The fourth-order valence-corrected chi connectivity index (χ4v) is 4.49. The van der Waals surface area contributed by atoms with Crippen molar-refractivity contribution in [3.63, 3.8) is 0 Å². The standard InChI is InChI=1S/C27H23ClFNO6/c1-4-36-22-12-15(5-9-20(22)31)24-23(25(32)18-13-17(29)7-10-21(18)35-3)26(33)27(34)30(24)19-8-6-16(28)11-14(19)2/h5-13,24,31-32H,4H2,1-3H3/b25-23+. The number of methoxy groups -OCH3 is 1. The number of anilines is 1. The Hall–Kier alpha value is -4.04. The topological polar surface area (TPSA) is 96.3 Å². The Morgan fingerprint density at radius 1 is 1.08 bits per heavy atom. The molecule has 1 saturated heterocycles. The summed E-state index contributed by atoms with van der Waals surface area (Å²) in [4.78, 5) is 28.0. The maximum Gasteiger partial charge on any atom is 0.300 e. The second kappa shape index (κ2) is 9.91. The zero-order valence-corrected chi connectivity index (χ0v) is 20.5. The lowest BCUT2D eigenvalue weighted by atomic mass is 9.94. The number of ketones is 1. The van der Waals surface area contributed by atoms with Gasteiger partial charge in [0.05, 0.1) is 30.9 Å². The minimum atomic E-state index is -1.13. The third kappa shape index (κ3) is 4.35. The molecule has 1 fully saturated rings. The Kier molecular flexibility index (Phi) is 6.90. The number of hydrogen-bond acceptors (Lipinski definition) is 6. The molecule has 0 aromatic heterocycles. The van der Waals surface area contributed by atoms with Crippen molar-refractivity contribution in [3.8, 4) is 17.2 Å². The Labute approximate surface area is 212 Å². The first-order valence-electron chi connectivity index (χ1n) is 11.0. The van der Waals surface area contributed by atoms with Crippen molar-refractivity contribution in [1.29, 1.82) is 0 Å². The highest BCUT2D eigenvalue weighted by Crippen LogP contribution is 2.45. The van der Waals surface area contributed by atoms with E-state index in [4.69, 9.17) is 21.1 Å². The number of carbonyl (C=O) groups excluding carboxylic acids is 2. The summed E-state index contributed by atoms with van der Waals surface area (Å²) in [6.45, 7) is 3.73. The van der Waals surface area contributed by atoms with Crippen LogP contribution in [0.1, 0.15) is 29.7 Å². The van der Waals surface area contributed by atoms with E-state index in [0.29, 0.717) is 21.8 Å². The average Bonchev–Trinajstić information content (AvgIpc) is 3.10. The summed E-state index contributed by atoms with van der Waals surface area (Å²) in [7, 11) is 1.34. The Morgan fingerprint density at radius 3 is 2.50 bits per heavy atom. The van der Waals surface area contributed by atoms with E-state index in [1.165, 1.54) is 36.3 Å². The van der Waals surface area contributed by atoms with E-state index in [1.807, 2.05) is 0 Å². The van der Waals surface area contributed by atoms with Gasteiger partial charge in [0.15, 0.2) is 11.5 Å². The third-order valence-electron chi connectivity index (χ3n) is 5.88. The van der Waals surface area contributed by atoms with E-state index in [9.17, 15) is 24.2 Å². The molecule has 1 aliphatic heterocycles. The van der Waals surface area contributed by atoms with Gasteiger partial charge >= 0.3 is 0 Å². The number of halogens is 2. The van der Waals surface area contributed by atoms with E-state index in [2.05, 4.69) is 0 Å². The second-order valence-electron chi connectivity index (χ2n) is 8.10. The minimum absolute atomic E-state index is 0.0860. The summed E-state index contributed by atoms with van der Waals surface area (Å²) < 4.78 is 24.9. The number of amides is 1. The van der Waals surface area contributed by atoms with Gasteiger partial charge in [0, 0.05) is 10.7 Å². The lowest BCUT2D eigenvalue weighted by Gasteiger charge is -2.27. The second-order valence-corrected chi connectivity index (χ2v) is 8.54. The molecule has 1 unspecified atom stereocenters. The summed E-state index contributed by atoms with van der Waals surface area (Å²) in [5.41, 5.74) is 1.02. The molecule has 0 aliphatic carbocycles. The highest BCUT2D eigenvalue weighted by Gasteiger charge is 2.47. The zero-order valence-electron chi connectivity index (χ0n) is 19.7. The molecule has 7 nitrogen and oxygen atoms in total. The smallest absolute Gasteiger partial charge is 0.300 e. The van der Waals surface area contributed by atoms with Crippen LogP contribution in [0.3, 0.4) is 0 Å². The SMILES string of the molecule is CCOc1cc(C2/C(=C(\O)c3cc(F)ccc3OC)C(=O)C(=O)N2c2ccc(Cl)cc2C)ccc1O. The fraction of sp³-hybridized carbons (Fsp3) is 0.185. The van der Waals surface area contributed by atoms with E-state index in [1.54, 1.807) is 32.0 Å². The van der Waals surface area contributed by atoms with Crippen LogP contribution in [0.15, 0.2) is 60.2 Å². The summed E-state index contributed by atoms with van der Waals surface area (Å²) in [6.07, 6.45) is 0. The van der Waals surface area contributed by atoms with Gasteiger partial charge in [0.25, 0.3) is 11.7 Å². The number of phenolic OH excluding ortho intramolecular Hbond substituents is 1. The lowest BCUT2D eigenvalue weighted by molar-refractivity contribution is -0.132. The highest BCUT2D eigenvalue weighted by molar-refractivity contribution is 6.52. The van der Waals surface area contributed by atoms with Crippen LogP contribution in [-0.4, -0.2) is 35.6 Å². The Morgan fingerprint density at radius 2 is 1.83 bits per heavy atom. The minimum Gasteiger partial charge on any atom is -0.507 e. The summed E-state index contributed by atoms with van der Waals surface area (Å²) in [6, 6.07) is 11.6. The normalized spacial score (nSPS) is 16.9. The number of nitrogens with zero attached hydrogens (tertiary/aromatic N) is 1. The van der Waals surface area contributed by atoms with Crippen molar-refractivity contribution in [1.82, 2.24) is 0 Å². The molecule has 9 heteroatoms. The van der Waals surface area contributed by atoms with Gasteiger partial charge in [0.2, 0.25) is 0 Å². The van der Waals surface area contributed by atoms with Crippen LogP contribution in [0, 0.1) is 12.7 Å². The number of benzene rings is 3. The van der Waals surface area contributed by atoms with Gasteiger partial charge < -0.3 is 19.7 Å². The molecule has 36 heavy (non-hydrogen) atoms. The van der Waals surface area contributed by atoms with Gasteiger partial charge in [-0.3, -0.25) is 14.5 Å². The fourth-order valence-electron chi connectivity index (χ4n) is 4.27. The molecule has 3 aromatic rings. The molecule has 186 valence electrons. The molecular formula is C27H23ClFNO6. The maximum absolute atomic E-state index is 14.1. The zero-order chi connectivity index (χ0) is 26.1. The first-order valence-corrected chi connectivity index (χ1v) is 11.4. The molecule has 0 spiro atoms. The van der Waals surface area contributed by atoms with Gasteiger partial charge in [-0.25, -0.2) is 4.39 Å². The van der Waals surface area contributed by atoms with Crippen molar-refractivity contribution < 1.29 is 33.7 Å². The highest BCUT2D eigenvalue weighted by atomic mass is 35.5. The van der Waals surface area contributed by atoms with Crippen molar-refractivity contribution in [2.24, 2.45) is 0 Å². The number of aromatic hydroxyl groups is 1. The van der Waals surface area contributed by atoms with Crippen molar-refractivity contribution in [2.75, 3.05) is 18.6 Å². The molecule has 1 atom stereocenters. The largest absolute Gasteiger partial charge is 0.507 e. The van der Waals surface area contributed by atoms with Crippen molar-refractivity contribution >= 4 is 34.7 Å². The van der Waals surface area contributed by atoms with Crippen LogP contribution in [0.2, 0.25) is 5.02 Å². The van der Waals surface area contributed by atoms with Crippen LogP contribution in [0.25, 0.3) is 5.76 Å². The van der Waals surface area contributed by atoms with Crippen LogP contribution in [0.4, 0.5) is 10.1 Å². The third-order valence-corrected chi connectivity index (χ3v) is 6.11. The molecular weight excluding hydrogens is 489 g/mol. The molecule has 1 amide bonds. The van der Waals surface area contributed by atoms with Crippen LogP contribution >= 0.6 is 11.6 Å². The molecule has 1 heterocycles. The van der Waals surface area contributed by atoms with E-state index in [-0.39, 0.29) is 35.0 Å². The number of phenols is 1. The van der Waals surface area contributed by atoms with Gasteiger partial charge in [-0.1, -0.05) is 17.7 Å². The maximum atomic E-state index is 14.1. The number of aliphatic hydroxyl groups is 1. The number of hydrogen-bond donors (Lipinski definition) is 2. The van der Waals surface area contributed by atoms with Crippen LogP contribution in [0.5, 0.6) is 17.2 Å². The molecule has 0 bridgehead atoms. The number of rotatable bonds is 6. The van der Waals surface area contributed by atoms with Crippen LogP contribution in [-0.2, 0) is 9.59 Å². The molecule has 0 saturated carbocycles. The number of carbonyl (C=O) groups is 2. The summed E-state index contributed by atoms with van der Waals surface area (Å²) in [5.74, 6) is -3.02. The van der Waals surface area contributed by atoms with E-state index >= 15 is 0 Å². The quantitative estimate of drug-likeness (QED) is 0.257. The number of aryl methyl sites for hydroxylation is 1. The number of aliphatic hydroxyl groups excluding tert-OH is 1. The molecule has 2 N–H and O–H groups in total. The number of ether oxygens (including phenoxy) is 2. The van der Waals surface area contributed by atoms with E-state index < -0.39 is 29.3 Å². The first kappa shape index (κ1) is 25.1. The Bertz CT molecular complexity index is 1400. The molecule has 4 rings (SSSR count). The Balaban J connectivity index is 2.02. The summed E-state index contributed by atoms with van der Waals surface area (Å²) in [5, 5.41) is 22.0. The van der Waals surface area contributed by atoms with Gasteiger partial charge in [-0.05, 0) is 73.5 Å². The molecule has 1 aliphatic rings. The predicted octanol–water partition coefficient (Wildman–Crippen LogP) is 5.53. The van der Waals surface area contributed by atoms with Crippen LogP contribution < -0.4 is 14.4 Å². The summed E-state index contributed by atoms with van der Waals surface area (Å²) >= 11 is 6.11. The van der Waals surface area contributed by atoms with Crippen molar-refractivity contribution in [3.05, 3.63) is 87.7 Å². The van der Waals surface area contributed by atoms with Crippen molar-refractivity contribution in [2.45, 2.75) is 19.9 Å².